The van der Waals surface area contributed by atoms with Gasteiger partial charge >= 0.3 is 0 Å². The Morgan fingerprint density at radius 3 is 2.47 bits per heavy atom. The van der Waals surface area contributed by atoms with Crippen LogP contribution in [-0.2, 0) is 6.42 Å². The molecule has 0 saturated heterocycles. The number of hydrogen-bond donors (Lipinski definition) is 2. The zero-order valence-corrected chi connectivity index (χ0v) is 14.5. The van der Waals surface area contributed by atoms with Gasteiger partial charge in [0.05, 0.1) is 0 Å². The second-order valence-electron chi connectivity index (χ2n) is 6.31. The molecule has 1 rings (SSSR count). The van der Waals surface area contributed by atoms with Crippen LogP contribution in [0.3, 0.4) is 0 Å². The van der Waals surface area contributed by atoms with E-state index in [1.807, 2.05) is 12.1 Å². The molecule has 0 heterocycles. The van der Waals surface area contributed by atoms with E-state index in [1.54, 1.807) is 0 Å². The van der Waals surface area contributed by atoms with Crippen LogP contribution in [0.5, 0.6) is 0 Å². The lowest BCUT2D eigenvalue weighted by Gasteiger charge is -2.30. The summed E-state index contributed by atoms with van der Waals surface area (Å²) in [5.74, 6) is 6.28. The van der Waals surface area contributed by atoms with Gasteiger partial charge in [-0.25, -0.2) is 0 Å². The van der Waals surface area contributed by atoms with Crippen LogP contribution in [0.2, 0.25) is 5.02 Å². The Bertz CT molecular complexity index is 415. The Balaban J connectivity index is 2.72. The largest absolute Gasteiger partial charge is 0.271 e. The predicted molar refractivity (Wildman–Crippen MR) is 87.2 cm³/mol. The molecule has 1 aromatic rings. The predicted octanol–water partition coefficient (Wildman–Crippen LogP) is 4.55. The highest BCUT2D eigenvalue weighted by Crippen LogP contribution is 2.30. The van der Waals surface area contributed by atoms with E-state index in [2.05, 4.69) is 55.1 Å². The van der Waals surface area contributed by atoms with E-state index < -0.39 is 0 Å². The van der Waals surface area contributed by atoms with Crippen molar-refractivity contribution < 1.29 is 0 Å². The molecule has 1 aromatic carbocycles. The molecule has 19 heavy (non-hydrogen) atoms. The van der Waals surface area contributed by atoms with Crippen molar-refractivity contribution in [3.63, 3.8) is 0 Å². The van der Waals surface area contributed by atoms with Crippen molar-refractivity contribution in [2.75, 3.05) is 0 Å². The molecule has 0 aromatic heterocycles. The minimum absolute atomic E-state index is 0.243. The van der Waals surface area contributed by atoms with Gasteiger partial charge in [-0.15, -0.1) is 0 Å². The maximum atomic E-state index is 6.26. The van der Waals surface area contributed by atoms with Crippen LogP contribution in [0.15, 0.2) is 22.7 Å². The lowest BCUT2D eigenvalue weighted by molar-refractivity contribution is 0.222. The summed E-state index contributed by atoms with van der Waals surface area (Å²) >= 11 is 9.68. The first-order chi connectivity index (χ1) is 8.74. The van der Waals surface area contributed by atoms with Gasteiger partial charge in [0.2, 0.25) is 0 Å². The first-order valence-electron chi connectivity index (χ1n) is 6.64. The monoisotopic (exact) mass is 346 g/mol. The smallest absolute Gasteiger partial charge is 0.0449 e. The van der Waals surface area contributed by atoms with E-state index in [0.29, 0.717) is 11.3 Å². The van der Waals surface area contributed by atoms with Crippen molar-refractivity contribution >= 4 is 27.5 Å². The minimum Gasteiger partial charge on any atom is -0.271 e. The SMILES string of the molecule is CC(CC(Cc1ccc(Br)cc1Cl)NN)C(C)(C)C. The Morgan fingerprint density at radius 2 is 2.00 bits per heavy atom. The quantitative estimate of drug-likeness (QED) is 0.606. The molecular formula is C15H24BrClN2. The highest BCUT2D eigenvalue weighted by Gasteiger charge is 2.23. The third kappa shape index (κ3) is 5.42. The summed E-state index contributed by atoms with van der Waals surface area (Å²) in [6.07, 6.45) is 1.88. The lowest BCUT2D eigenvalue weighted by atomic mass is 9.78. The van der Waals surface area contributed by atoms with Crippen molar-refractivity contribution in [2.45, 2.75) is 46.6 Å². The Kier molecular flexibility index (Phi) is 6.31. The van der Waals surface area contributed by atoms with Crippen LogP contribution in [0.25, 0.3) is 0 Å². The molecule has 108 valence electrons. The summed E-state index contributed by atoms with van der Waals surface area (Å²) in [5, 5.41) is 0.790. The molecule has 0 saturated carbocycles. The van der Waals surface area contributed by atoms with Gasteiger partial charge in [0.15, 0.2) is 0 Å². The molecule has 0 aliphatic rings. The van der Waals surface area contributed by atoms with Gasteiger partial charge in [-0.2, -0.15) is 0 Å². The van der Waals surface area contributed by atoms with Gasteiger partial charge in [0.1, 0.15) is 0 Å². The second-order valence-corrected chi connectivity index (χ2v) is 7.63. The van der Waals surface area contributed by atoms with Crippen LogP contribution < -0.4 is 11.3 Å². The molecule has 0 aliphatic heterocycles. The molecule has 4 heteroatoms. The van der Waals surface area contributed by atoms with Crippen LogP contribution in [-0.4, -0.2) is 6.04 Å². The van der Waals surface area contributed by atoms with Crippen LogP contribution in [0, 0.1) is 11.3 Å². The van der Waals surface area contributed by atoms with Crippen molar-refractivity contribution in [1.29, 1.82) is 0 Å². The molecule has 2 atom stereocenters. The third-order valence-electron chi connectivity index (χ3n) is 3.83. The summed E-state index contributed by atoms with van der Waals surface area (Å²) in [4.78, 5) is 0. The van der Waals surface area contributed by atoms with Gasteiger partial charge in [-0.1, -0.05) is 61.3 Å². The summed E-state index contributed by atoms with van der Waals surface area (Å²) in [7, 11) is 0. The number of nitrogens with two attached hydrogens (primary N) is 1. The summed E-state index contributed by atoms with van der Waals surface area (Å²) in [6.45, 7) is 9.06. The Labute approximate surface area is 130 Å². The fourth-order valence-electron chi connectivity index (χ4n) is 1.94. The van der Waals surface area contributed by atoms with E-state index >= 15 is 0 Å². The molecule has 3 N–H and O–H groups in total. The minimum atomic E-state index is 0.243. The molecule has 0 fully saturated rings. The molecular weight excluding hydrogens is 324 g/mol. The van der Waals surface area contributed by atoms with Crippen molar-refractivity contribution in [3.8, 4) is 0 Å². The third-order valence-corrected chi connectivity index (χ3v) is 4.68. The second kappa shape index (κ2) is 7.07. The average molecular weight is 348 g/mol. The highest BCUT2D eigenvalue weighted by atomic mass is 79.9. The van der Waals surface area contributed by atoms with Crippen molar-refractivity contribution in [3.05, 3.63) is 33.3 Å². The first kappa shape index (κ1) is 17.0. The standard InChI is InChI=1S/C15H24BrClN2/c1-10(15(2,3)4)7-13(19-18)8-11-5-6-12(16)9-14(11)17/h5-6,9-10,13,19H,7-8,18H2,1-4H3. The van der Waals surface area contributed by atoms with Crippen molar-refractivity contribution in [1.82, 2.24) is 5.43 Å². The zero-order valence-electron chi connectivity index (χ0n) is 12.1. The van der Waals surface area contributed by atoms with E-state index in [4.69, 9.17) is 17.4 Å². The van der Waals surface area contributed by atoms with Gasteiger partial charge in [-0.05, 0) is 41.9 Å². The van der Waals surface area contributed by atoms with E-state index in [-0.39, 0.29) is 6.04 Å². The molecule has 0 amide bonds. The van der Waals surface area contributed by atoms with Crippen LogP contribution in [0.4, 0.5) is 0 Å². The lowest BCUT2D eigenvalue weighted by Crippen LogP contribution is -2.39. The fourth-order valence-corrected chi connectivity index (χ4v) is 2.69. The van der Waals surface area contributed by atoms with Gasteiger partial charge in [-0.3, -0.25) is 11.3 Å². The van der Waals surface area contributed by atoms with Gasteiger partial charge < -0.3 is 0 Å². The maximum Gasteiger partial charge on any atom is 0.0449 e. The summed E-state index contributed by atoms with van der Waals surface area (Å²) in [5.41, 5.74) is 4.35. The van der Waals surface area contributed by atoms with Crippen LogP contribution in [0.1, 0.15) is 39.7 Å². The van der Waals surface area contributed by atoms with E-state index in [9.17, 15) is 0 Å². The van der Waals surface area contributed by atoms with E-state index in [1.165, 1.54) is 0 Å². The number of hydrogen-bond acceptors (Lipinski definition) is 2. The van der Waals surface area contributed by atoms with Crippen molar-refractivity contribution in [2.24, 2.45) is 17.2 Å². The molecule has 2 nitrogen and oxygen atoms in total. The molecule has 0 bridgehead atoms. The first-order valence-corrected chi connectivity index (χ1v) is 7.81. The normalized spacial score (nSPS) is 15.3. The number of rotatable bonds is 5. The molecule has 2 unspecified atom stereocenters. The molecule has 0 spiro atoms. The summed E-state index contributed by atoms with van der Waals surface area (Å²) < 4.78 is 1.00. The number of halogens is 2. The maximum absolute atomic E-state index is 6.26. The Morgan fingerprint density at radius 1 is 1.37 bits per heavy atom. The zero-order chi connectivity index (χ0) is 14.6. The highest BCUT2D eigenvalue weighted by molar-refractivity contribution is 9.10. The molecule has 0 radical (unpaired) electrons. The number of benzene rings is 1. The average Bonchev–Trinajstić information content (AvgIpc) is 2.30. The van der Waals surface area contributed by atoms with Gasteiger partial charge in [0.25, 0.3) is 0 Å². The van der Waals surface area contributed by atoms with Gasteiger partial charge in [0, 0.05) is 15.5 Å². The fraction of sp³-hybridized carbons (Fsp3) is 0.600. The van der Waals surface area contributed by atoms with Crippen LogP contribution >= 0.6 is 27.5 Å². The summed E-state index contributed by atoms with van der Waals surface area (Å²) in [6, 6.07) is 6.24. The van der Waals surface area contributed by atoms with E-state index in [0.717, 1.165) is 27.9 Å². The number of hydrazine groups is 1. The molecule has 0 aliphatic carbocycles. The topological polar surface area (TPSA) is 38.0 Å². The number of nitrogens with one attached hydrogen (secondary N) is 1. The Hall–Kier alpha value is -0.0900.